The van der Waals surface area contributed by atoms with E-state index in [0.717, 1.165) is 16.8 Å². The number of carbonyl (C=O) groups is 2. The van der Waals surface area contributed by atoms with Crippen molar-refractivity contribution >= 4 is 40.1 Å². The third-order valence-corrected chi connectivity index (χ3v) is 5.82. The number of rotatable bonds is 6. The van der Waals surface area contributed by atoms with E-state index in [1.165, 1.54) is 28.8 Å². The highest BCUT2D eigenvalue weighted by molar-refractivity contribution is 8.15. The summed E-state index contributed by atoms with van der Waals surface area (Å²) in [4.78, 5) is 31.4. The predicted octanol–water partition coefficient (Wildman–Crippen LogP) is 4.59. The molecule has 0 bridgehead atoms. The van der Waals surface area contributed by atoms with Gasteiger partial charge in [-0.2, -0.15) is 0 Å². The molecule has 1 saturated heterocycles. The number of hydrogen-bond acceptors (Lipinski definition) is 4. The Morgan fingerprint density at radius 3 is 2.76 bits per heavy atom. The van der Waals surface area contributed by atoms with Gasteiger partial charge in [0.2, 0.25) is 11.8 Å². The van der Waals surface area contributed by atoms with Gasteiger partial charge in [-0.25, -0.2) is 9.38 Å². The second kappa shape index (κ2) is 9.05. The van der Waals surface area contributed by atoms with Crippen LogP contribution in [0.2, 0.25) is 0 Å². The van der Waals surface area contributed by atoms with Gasteiger partial charge >= 0.3 is 0 Å². The van der Waals surface area contributed by atoms with Crippen LogP contribution in [-0.4, -0.2) is 33.7 Å². The Kier molecular flexibility index (Phi) is 6.49. The first kappa shape index (κ1) is 20.8. The zero-order chi connectivity index (χ0) is 21.0. The summed E-state index contributed by atoms with van der Waals surface area (Å²) in [6, 6.07) is 11.7. The van der Waals surface area contributed by atoms with E-state index in [1.807, 2.05) is 32.0 Å². The van der Waals surface area contributed by atoms with Crippen LogP contribution >= 0.6 is 11.8 Å². The fourth-order valence-corrected chi connectivity index (χ4v) is 4.07. The number of amides is 2. The van der Waals surface area contributed by atoms with Crippen LogP contribution in [0.4, 0.5) is 15.8 Å². The van der Waals surface area contributed by atoms with Gasteiger partial charge in [0.05, 0.1) is 11.4 Å². The molecule has 3 rings (SSSR count). The molecule has 1 N–H and O–H groups in total. The highest BCUT2D eigenvalue weighted by atomic mass is 32.2. The summed E-state index contributed by atoms with van der Waals surface area (Å²) in [7, 11) is 0. The average molecular weight is 412 g/mol. The molecule has 2 amide bonds. The zero-order valence-electron chi connectivity index (χ0n) is 16.3. The summed E-state index contributed by atoms with van der Waals surface area (Å²) >= 11 is 1.24. The van der Waals surface area contributed by atoms with Crippen molar-refractivity contribution in [3.63, 3.8) is 0 Å². The maximum absolute atomic E-state index is 13.8. The van der Waals surface area contributed by atoms with Crippen molar-refractivity contribution in [2.45, 2.75) is 25.5 Å². The van der Waals surface area contributed by atoms with Crippen LogP contribution in [0.15, 0.2) is 60.1 Å². The van der Waals surface area contributed by atoms with Crippen LogP contribution in [0.5, 0.6) is 0 Å². The summed E-state index contributed by atoms with van der Waals surface area (Å²) in [5, 5.41) is 2.44. The van der Waals surface area contributed by atoms with E-state index in [2.05, 4.69) is 16.9 Å². The van der Waals surface area contributed by atoms with Gasteiger partial charge in [0.25, 0.3) is 0 Å². The Morgan fingerprint density at radius 1 is 1.28 bits per heavy atom. The largest absolute Gasteiger partial charge is 0.324 e. The molecule has 0 radical (unpaired) electrons. The van der Waals surface area contributed by atoms with E-state index in [4.69, 9.17) is 0 Å². The number of nitrogens with one attached hydrogen (secondary N) is 1. The Morgan fingerprint density at radius 2 is 2.03 bits per heavy atom. The lowest BCUT2D eigenvalue weighted by Crippen LogP contribution is -2.33. The number of carbonyl (C=O) groups excluding carboxylic acids is 2. The molecule has 0 unspecified atom stereocenters. The number of benzene rings is 2. The number of para-hydroxylation sites is 1. The minimum atomic E-state index is -0.620. The van der Waals surface area contributed by atoms with Crippen molar-refractivity contribution in [3.8, 4) is 0 Å². The Bertz CT molecular complexity index is 990. The van der Waals surface area contributed by atoms with Gasteiger partial charge in [0, 0.05) is 13.0 Å². The van der Waals surface area contributed by atoms with Crippen LogP contribution in [0.25, 0.3) is 0 Å². The molecular weight excluding hydrogens is 389 g/mol. The summed E-state index contributed by atoms with van der Waals surface area (Å²) in [5.41, 5.74) is 3.02. The summed E-state index contributed by atoms with van der Waals surface area (Å²) < 4.78 is 13.8. The quantitative estimate of drug-likeness (QED) is 0.708. The molecule has 29 heavy (non-hydrogen) atoms. The molecule has 150 valence electrons. The van der Waals surface area contributed by atoms with E-state index in [9.17, 15) is 14.0 Å². The number of amidine groups is 1. The zero-order valence-corrected chi connectivity index (χ0v) is 17.1. The van der Waals surface area contributed by atoms with Gasteiger partial charge < -0.3 is 5.32 Å². The molecule has 1 atom stereocenters. The molecule has 0 aromatic heterocycles. The molecule has 1 aliphatic rings. The number of anilines is 1. The molecule has 0 spiro atoms. The molecule has 5 nitrogen and oxygen atoms in total. The number of nitrogens with zero attached hydrogens (tertiary/aromatic N) is 2. The third kappa shape index (κ3) is 4.74. The standard InChI is InChI=1S/C22H22FN3O2S/c1-4-12-26-21(28)19(13-20(27)24-18-10-6-5-9-16(18)23)29-22(26)25-17-11-7-8-14(2)15(17)3/h4-11,19H,1,12-13H2,2-3H3,(H,24,27)/t19-/m0/s1. The lowest BCUT2D eigenvalue weighted by atomic mass is 10.1. The van der Waals surface area contributed by atoms with E-state index in [1.54, 1.807) is 18.2 Å². The van der Waals surface area contributed by atoms with Gasteiger partial charge in [0.1, 0.15) is 11.1 Å². The van der Waals surface area contributed by atoms with Crippen LogP contribution in [-0.2, 0) is 9.59 Å². The molecular formula is C22H22FN3O2S. The molecule has 1 fully saturated rings. The van der Waals surface area contributed by atoms with E-state index < -0.39 is 17.0 Å². The summed E-state index contributed by atoms with van der Waals surface area (Å²) in [6.07, 6.45) is 1.55. The maximum Gasteiger partial charge on any atom is 0.242 e. The predicted molar refractivity (Wildman–Crippen MR) is 116 cm³/mol. The van der Waals surface area contributed by atoms with Gasteiger partial charge in [-0.05, 0) is 43.2 Å². The van der Waals surface area contributed by atoms with Crippen LogP contribution in [0.1, 0.15) is 17.5 Å². The van der Waals surface area contributed by atoms with Gasteiger partial charge in [-0.15, -0.1) is 6.58 Å². The number of thioether (sulfide) groups is 1. The van der Waals surface area contributed by atoms with Crippen molar-refractivity contribution < 1.29 is 14.0 Å². The topological polar surface area (TPSA) is 61.8 Å². The average Bonchev–Trinajstić information content (AvgIpc) is 2.96. The van der Waals surface area contributed by atoms with Gasteiger partial charge in [0.15, 0.2) is 5.17 Å². The monoisotopic (exact) mass is 411 g/mol. The highest BCUT2D eigenvalue weighted by Crippen LogP contribution is 2.33. The molecule has 7 heteroatoms. The lowest BCUT2D eigenvalue weighted by Gasteiger charge is -2.14. The number of hydrogen-bond donors (Lipinski definition) is 1. The van der Waals surface area contributed by atoms with E-state index in [-0.39, 0.29) is 18.0 Å². The molecule has 0 saturated carbocycles. The molecule has 2 aromatic carbocycles. The molecule has 1 heterocycles. The highest BCUT2D eigenvalue weighted by Gasteiger charge is 2.38. The fraction of sp³-hybridized carbons (Fsp3) is 0.227. The fourth-order valence-electron chi connectivity index (χ4n) is 2.91. The van der Waals surface area contributed by atoms with Gasteiger partial charge in [-0.3, -0.25) is 14.5 Å². The molecule has 2 aromatic rings. The van der Waals surface area contributed by atoms with Crippen molar-refractivity contribution in [2.24, 2.45) is 4.99 Å². The Labute approximate surface area is 173 Å². The van der Waals surface area contributed by atoms with Gasteiger partial charge in [-0.1, -0.05) is 42.1 Å². The Hall–Kier alpha value is -2.93. The number of halogens is 1. The van der Waals surface area contributed by atoms with Crippen molar-refractivity contribution in [3.05, 3.63) is 72.1 Å². The summed E-state index contributed by atoms with van der Waals surface area (Å²) in [5.74, 6) is -1.15. The minimum Gasteiger partial charge on any atom is -0.324 e. The second-order valence-corrected chi connectivity index (χ2v) is 7.86. The number of aliphatic imine (C=N–C) groups is 1. The van der Waals surface area contributed by atoms with E-state index >= 15 is 0 Å². The summed E-state index contributed by atoms with van der Waals surface area (Å²) in [6.45, 7) is 7.99. The van der Waals surface area contributed by atoms with Crippen LogP contribution in [0, 0.1) is 19.7 Å². The normalized spacial score (nSPS) is 17.6. The van der Waals surface area contributed by atoms with Crippen LogP contribution < -0.4 is 5.32 Å². The second-order valence-electron chi connectivity index (χ2n) is 6.69. The lowest BCUT2D eigenvalue weighted by molar-refractivity contribution is -0.127. The first-order chi connectivity index (χ1) is 13.9. The molecule has 0 aliphatic carbocycles. The number of aryl methyl sites for hydroxylation is 1. The van der Waals surface area contributed by atoms with Crippen LogP contribution in [0.3, 0.4) is 0 Å². The minimum absolute atomic E-state index is 0.0721. The Balaban J connectivity index is 1.79. The van der Waals surface area contributed by atoms with Crippen molar-refractivity contribution in [1.82, 2.24) is 4.90 Å². The first-order valence-corrected chi connectivity index (χ1v) is 10.1. The third-order valence-electron chi connectivity index (χ3n) is 4.64. The SMILES string of the molecule is C=CCN1C(=O)[C@H](CC(=O)Nc2ccccc2F)SC1=Nc1cccc(C)c1C. The first-order valence-electron chi connectivity index (χ1n) is 9.19. The van der Waals surface area contributed by atoms with Crippen molar-refractivity contribution in [1.29, 1.82) is 0 Å². The van der Waals surface area contributed by atoms with E-state index in [0.29, 0.717) is 11.7 Å². The smallest absolute Gasteiger partial charge is 0.242 e. The molecule has 1 aliphatic heterocycles. The van der Waals surface area contributed by atoms with Crippen molar-refractivity contribution in [2.75, 3.05) is 11.9 Å². The maximum atomic E-state index is 13.8.